The zero-order valence-corrected chi connectivity index (χ0v) is 18.8. The molecule has 0 atom stereocenters. The van der Waals surface area contributed by atoms with Gasteiger partial charge >= 0.3 is 0 Å². The summed E-state index contributed by atoms with van der Waals surface area (Å²) in [6.45, 7) is 3.12. The van der Waals surface area contributed by atoms with Crippen molar-refractivity contribution in [2.24, 2.45) is 0 Å². The van der Waals surface area contributed by atoms with Crippen LogP contribution in [0.15, 0.2) is 59.6 Å². The van der Waals surface area contributed by atoms with E-state index in [1.807, 2.05) is 0 Å². The maximum absolute atomic E-state index is 12.8. The van der Waals surface area contributed by atoms with Crippen LogP contribution < -0.4 is 9.46 Å². The second kappa shape index (κ2) is 8.50. The monoisotopic (exact) mass is 464 g/mol. The molecule has 2 N–H and O–H groups in total. The number of nitrogens with zero attached hydrogens (tertiary/aromatic N) is 5. The first-order valence-electron chi connectivity index (χ1n) is 9.76. The average molecular weight is 465 g/mol. The third-order valence-corrected chi connectivity index (χ3v) is 5.76. The van der Waals surface area contributed by atoms with Gasteiger partial charge in [-0.15, -0.1) is 10.2 Å². The van der Waals surface area contributed by atoms with Crippen molar-refractivity contribution < 1.29 is 18.3 Å². The molecule has 10 nitrogen and oxygen atoms in total. The molecule has 11 heteroatoms. The maximum atomic E-state index is 12.8. The highest BCUT2D eigenvalue weighted by Gasteiger charge is 2.18. The summed E-state index contributed by atoms with van der Waals surface area (Å²) in [6.07, 6.45) is 1.51. The zero-order valence-electron chi connectivity index (χ0n) is 18.0. The van der Waals surface area contributed by atoms with Gasteiger partial charge in [-0.2, -0.15) is 9.61 Å². The number of pyridine rings is 1. The van der Waals surface area contributed by atoms with Crippen LogP contribution in [-0.2, 0) is 10.0 Å². The second-order valence-electron chi connectivity index (χ2n) is 7.52. The Labute approximate surface area is 190 Å². The van der Waals surface area contributed by atoms with Gasteiger partial charge in [-0.1, -0.05) is 24.1 Å². The Morgan fingerprint density at radius 1 is 1.12 bits per heavy atom. The smallest absolute Gasteiger partial charge is 0.262 e. The number of aromatic nitrogens is 5. The fourth-order valence-electron chi connectivity index (χ4n) is 2.86. The van der Waals surface area contributed by atoms with Crippen LogP contribution in [0.3, 0.4) is 0 Å². The van der Waals surface area contributed by atoms with E-state index in [1.54, 1.807) is 50.2 Å². The minimum Gasteiger partial charge on any atom is -0.480 e. The molecule has 0 unspecified atom stereocenters. The number of fused-ring (bicyclic) bond motifs is 1. The van der Waals surface area contributed by atoms with Crippen molar-refractivity contribution in [1.29, 1.82) is 0 Å². The van der Waals surface area contributed by atoms with E-state index in [9.17, 15) is 13.5 Å². The van der Waals surface area contributed by atoms with Crippen LogP contribution in [0.1, 0.15) is 19.7 Å². The third-order valence-electron chi connectivity index (χ3n) is 4.38. The Bertz CT molecular complexity index is 1480. The minimum atomic E-state index is -3.86. The molecule has 0 fully saturated rings. The van der Waals surface area contributed by atoms with Gasteiger partial charge in [-0.3, -0.25) is 4.72 Å². The molecular weight excluding hydrogens is 444 g/mol. The zero-order chi connectivity index (χ0) is 23.6. The SMILES string of the molecule is COc1ncc(-c2ccc3nnc(C#CC(C)(C)O)n3n2)cc1NS(=O)(=O)c1ccccc1. The van der Waals surface area contributed by atoms with Gasteiger partial charge in [-0.25, -0.2) is 13.4 Å². The van der Waals surface area contributed by atoms with E-state index in [0.717, 1.165) is 0 Å². The fourth-order valence-corrected chi connectivity index (χ4v) is 3.93. The number of rotatable bonds is 5. The van der Waals surface area contributed by atoms with E-state index < -0.39 is 15.6 Å². The molecule has 0 amide bonds. The summed E-state index contributed by atoms with van der Waals surface area (Å²) in [6, 6.07) is 13.0. The standard InChI is InChI=1S/C22H20N6O4S/c1-22(2,29)12-11-20-25-24-19-10-9-17(26-28(19)20)15-13-18(21(32-3)23-14-15)27-33(30,31)16-7-5-4-6-8-16/h4-10,13-14,27,29H,1-3H3. The Morgan fingerprint density at radius 2 is 1.88 bits per heavy atom. The molecule has 0 aliphatic carbocycles. The number of anilines is 1. The number of methoxy groups -OCH3 is 1. The van der Waals surface area contributed by atoms with Gasteiger partial charge in [0.2, 0.25) is 11.7 Å². The van der Waals surface area contributed by atoms with Crippen LogP contribution in [0.5, 0.6) is 5.88 Å². The highest BCUT2D eigenvalue weighted by atomic mass is 32.2. The molecule has 168 valence electrons. The van der Waals surface area contributed by atoms with E-state index in [4.69, 9.17) is 4.74 Å². The van der Waals surface area contributed by atoms with Gasteiger partial charge in [0.1, 0.15) is 11.3 Å². The van der Waals surface area contributed by atoms with Crippen molar-refractivity contribution in [2.75, 3.05) is 11.8 Å². The summed E-state index contributed by atoms with van der Waals surface area (Å²) in [7, 11) is -2.46. The van der Waals surface area contributed by atoms with Crippen molar-refractivity contribution in [3.05, 3.63) is 60.6 Å². The Morgan fingerprint density at radius 3 is 2.58 bits per heavy atom. The maximum Gasteiger partial charge on any atom is 0.262 e. The van der Waals surface area contributed by atoms with Crippen LogP contribution in [0.2, 0.25) is 0 Å². The van der Waals surface area contributed by atoms with Crippen LogP contribution in [0, 0.1) is 11.8 Å². The molecule has 0 aliphatic rings. The highest BCUT2D eigenvalue weighted by Crippen LogP contribution is 2.29. The number of hydrogen-bond acceptors (Lipinski definition) is 8. The first kappa shape index (κ1) is 22.2. The summed E-state index contributed by atoms with van der Waals surface area (Å²) in [5, 5.41) is 22.4. The summed E-state index contributed by atoms with van der Waals surface area (Å²) < 4.78 is 34.8. The largest absolute Gasteiger partial charge is 0.480 e. The van der Waals surface area contributed by atoms with Crippen molar-refractivity contribution in [2.45, 2.75) is 24.3 Å². The van der Waals surface area contributed by atoms with E-state index in [0.29, 0.717) is 16.9 Å². The lowest BCUT2D eigenvalue weighted by atomic mass is 10.1. The van der Waals surface area contributed by atoms with Gasteiger partial charge in [-0.05, 0) is 50.1 Å². The second-order valence-corrected chi connectivity index (χ2v) is 9.20. The van der Waals surface area contributed by atoms with E-state index in [2.05, 4.69) is 36.8 Å². The van der Waals surface area contributed by atoms with Gasteiger partial charge in [0.05, 0.1) is 17.7 Å². The van der Waals surface area contributed by atoms with Crippen molar-refractivity contribution in [3.63, 3.8) is 0 Å². The number of sulfonamides is 1. The number of ether oxygens (including phenoxy) is 1. The Balaban J connectivity index is 1.75. The number of benzene rings is 1. The molecule has 0 aliphatic heterocycles. The first-order valence-corrected chi connectivity index (χ1v) is 11.2. The number of aliphatic hydroxyl groups is 1. The molecule has 0 spiro atoms. The summed E-state index contributed by atoms with van der Waals surface area (Å²) in [4.78, 5) is 4.33. The quantitative estimate of drug-likeness (QED) is 0.429. The molecule has 0 bridgehead atoms. The third kappa shape index (κ3) is 4.92. The van der Waals surface area contributed by atoms with E-state index >= 15 is 0 Å². The van der Waals surface area contributed by atoms with Crippen molar-refractivity contribution in [1.82, 2.24) is 24.8 Å². The molecule has 4 aromatic rings. The van der Waals surface area contributed by atoms with Crippen LogP contribution in [-0.4, -0.2) is 51.0 Å². The molecule has 0 saturated carbocycles. The summed E-state index contributed by atoms with van der Waals surface area (Å²) in [5.41, 5.74) is 0.424. The normalized spacial score (nSPS) is 11.6. The minimum absolute atomic E-state index is 0.108. The molecule has 0 saturated heterocycles. The molecule has 1 aromatic carbocycles. The van der Waals surface area contributed by atoms with Crippen molar-refractivity contribution in [3.8, 4) is 29.0 Å². The fraction of sp³-hybridized carbons (Fsp3) is 0.182. The lowest BCUT2D eigenvalue weighted by molar-refractivity contribution is 0.143. The lowest BCUT2D eigenvalue weighted by Crippen LogP contribution is -2.14. The predicted molar refractivity (Wildman–Crippen MR) is 121 cm³/mol. The molecule has 0 radical (unpaired) electrons. The Hall–Kier alpha value is -4.01. The number of nitrogens with one attached hydrogen (secondary N) is 1. The summed E-state index contributed by atoms with van der Waals surface area (Å²) in [5.74, 6) is 5.80. The van der Waals surface area contributed by atoms with Crippen molar-refractivity contribution >= 4 is 21.4 Å². The first-order chi connectivity index (χ1) is 15.7. The average Bonchev–Trinajstić information content (AvgIpc) is 3.20. The Kier molecular flexibility index (Phi) is 5.71. The molecular formula is C22H20N6O4S. The number of hydrogen-bond donors (Lipinski definition) is 2. The molecule has 33 heavy (non-hydrogen) atoms. The molecule has 3 aromatic heterocycles. The van der Waals surface area contributed by atoms with Gasteiger partial charge in [0, 0.05) is 11.8 Å². The van der Waals surface area contributed by atoms with Gasteiger partial charge in [0.15, 0.2) is 5.65 Å². The van der Waals surface area contributed by atoms with Crippen LogP contribution in [0.25, 0.3) is 16.9 Å². The summed E-state index contributed by atoms with van der Waals surface area (Å²) >= 11 is 0. The lowest BCUT2D eigenvalue weighted by Gasteiger charge is -2.12. The topological polar surface area (TPSA) is 132 Å². The van der Waals surface area contributed by atoms with E-state index in [-0.39, 0.29) is 22.3 Å². The predicted octanol–water partition coefficient (Wildman–Crippen LogP) is 2.12. The van der Waals surface area contributed by atoms with Gasteiger partial charge < -0.3 is 9.84 Å². The van der Waals surface area contributed by atoms with Crippen LogP contribution >= 0.6 is 0 Å². The van der Waals surface area contributed by atoms with Crippen LogP contribution in [0.4, 0.5) is 5.69 Å². The molecule has 3 heterocycles. The van der Waals surface area contributed by atoms with E-state index in [1.165, 1.54) is 30.0 Å². The highest BCUT2D eigenvalue weighted by molar-refractivity contribution is 7.92. The molecule has 4 rings (SSSR count). The van der Waals surface area contributed by atoms with Gasteiger partial charge in [0.25, 0.3) is 10.0 Å².